The molecule has 1 N–H and O–H groups in total. The molecule has 0 spiro atoms. The minimum atomic E-state index is -0.231. The van der Waals surface area contributed by atoms with E-state index >= 15 is 0 Å². The Morgan fingerprint density at radius 2 is 2.09 bits per heavy atom. The van der Waals surface area contributed by atoms with Gasteiger partial charge in [-0.1, -0.05) is 6.07 Å². The number of aryl methyl sites for hydroxylation is 1. The molecule has 1 aromatic carbocycles. The number of nitrogens with zero attached hydrogens (tertiary/aromatic N) is 2. The van der Waals surface area contributed by atoms with E-state index in [0.717, 1.165) is 17.7 Å². The van der Waals surface area contributed by atoms with Crippen LogP contribution in [0.3, 0.4) is 0 Å². The SMILES string of the molecule is Cn1ccc(NC(=O)C=Cc2ccc3c(c2)OCCCO3)n1. The molecule has 114 valence electrons. The number of hydrogen-bond acceptors (Lipinski definition) is 4. The van der Waals surface area contributed by atoms with Crippen LogP contribution in [0.1, 0.15) is 12.0 Å². The monoisotopic (exact) mass is 299 g/mol. The highest BCUT2D eigenvalue weighted by atomic mass is 16.5. The van der Waals surface area contributed by atoms with Crippen LogP contribution in [0.25, 0.3) is 6.08 Å². The normalized spacial score (nSPS) is 13.9. The van der Waals surface area contributed by atoms with Crippen molar-refractivity contribution in [2.45, 2.75) is 6.42 Å². The second kappa shape index (κ2) is 6.34. The number of hydrogen-bond donors (Lipinski definition) is 1. The molecule has 1 aromatic heterocycles. The van der Waals surface area contributed by atoms with E-state index in [0.29, 0.717) is 24.8 Å². The topological polar surface area (TPSA) is 65.4 Å². The van der Waals surface area contributed by atoms with Gasteiger partial charge in [-0.2, -0.15) is 5.10 Å². The second-order valence-corrected chi connectivity index (χ2v) is 4.95. The molecule has 1 aliphatic rings. The Bertz CT molecular complexity index is 706. The van der Waals surface area contributed by atoms with Crippen LogP contribution in [0.5, 0.6) is 11.5 Å². The van der Waals surface area contributed by atoms with Gasteiger partial charge in [-0.3, -0.25) is 9.48 Å². The molecule has 3 rings (SSSR count). The first-order chi connectivity index (χ1) is 10.7. The first kappa shape index (κ1) is 14.2. The lowest BCUT2D eigenvalue weighted by Gasteiger charge is -2.07. The van der Waals surface area contributed by atoms with Gasteiger partial charge in [0, 0.05) is 31.8 Å². The molecule has 6 heteroatoms. The minimum absolute atomic E-state index is 0.231. The summed E-state index contributed by atoms with van der Waals surface area (Å²) < 4.78 is 12.8. The third-order valence-corrected chi connectivity index (χ3v) is 3.16. The molecule has 0 bridgehead atoms. The standard InChI is InChI=1S/C16H17N3O3/c1-19-8-7-15(18-19)17-16(20)6-4-12-3-5-13-14(11-12)22-10-2-9-21-13/h3-8,11H,2,9-10H2,1H3,(H,17,18,20). The number of benzene rings is 1. The van der Waals surface area contributed by atoms with Gasteiger partial charge in [0.05, 0.1) is 13.2 Å². The smallest absolute Gasteiger partial charge is 0.249 e. The number of nitrogens with one attached hydrogen (secondary N) is 1. The summed E-state index contributed by atoms with van der Waals surface area (Å²) in [6.07, 6.45) is 5.83. The average molecular weight is 299 g/mol. The van der Waals surface area contributed by atoms with Crippen LogP contribution in [-0.2, 0) is 11.8 Å². The van der Waals surface area contributed by atoms with Gasteiger partial charge >= 0.3 is 0 Å². The summed E-state index contributed by atoms with van der Waals surface area (Å²) in [5.41, 5.74) is 0.875. The molecule has 2 heterocycles. The van der Waals surface area contributed by atoms with Crippen molar-refractivity contribution >= 4 is 17.8 Å². The molecule has 0 saturated carbocycles. The van der Waals surface area contributed by atoms with Crippen LogP contribution in [0.2, 0.25) is 0 Å². The van der Waals surface area contributed by atoms with E-state index in [1.165, 1.54) is 6.08 Å². The fourth-order valence-corrected chi connectivity index (χ4v) is 2.11. The van der Waals surface area contributed by atoms with E-state index in [1.54, 1.807) is 30.1 Å². The van der Waals surface area contributed by atoms with Gasteiger partial charge in [-0.05, 0) is 23.8 Å². The highest BCUT2D eigenvalue weighted by molar-refractivity contribution is 6.01. The number of carbonyl (C=O) groups is 1. The fourth-order valence-electron chi connectivity index (χ4n) is 2.11. The molecule has 2 aromatic rings. The van der Waals surface area contributed by atoms with Crippen molar-refractivity contribution in [3.63, 3.8) is 0 Å². The molecule has 0 saturated heterocycles. The zero-order chi connectivity index (χ0) is 15.4. The summed E-state index contributed by atoms with van der Waals surface area (Å²) in [5, 5.41) is 6.78. The van der Waals surface area contributed by atoms with Gasteiger partial charge in [-0.15, -0.1) is 0 Å². The highest BCUT2D eigenvalue weighted by Gasteiger charge is 2.09. The van der Waals surface area contributed by atoms with Gasteiger partial charge in [-0.25, -0.2) is 0 Å². The van der Waals surface area contributed by atoms with E-state index in [-0.39, 0.29) is 5.91 Å². The summed E-state index contributed by atoms with van der Waals surface area (Å²) in [4.78, 5) is 11.8. The van der Waals surface area contributed by atoms with Crippen LogP contribution in [0.4, 0.5) is 5.82 Å². The lowest BCUT2D eigenvalue weighted by Crippen LogP contribution is -2.08. The molecule has 22 heavy (non-hydrogen) atoms. The first-order valence-electron chi connectivity index (χ1n) is 7.09. The molecule has 6 nitrogen and oxygen atoms in total. The predicted molar refractivity (Wildman–Crippen MR) is 82.9 cm³/mol. The predicted octanol–water partition coefficient (Wildman–Crippen LogP) is 2.23. The average Bonchev–Trinajstić information content (AvgIpc) is 2.78. The molecular formula is C16H17N3O3. The van der Waals surface area contributed by atoms with Crippen LogP contribution in [0.15, 0.2) is 36.5 Å². The van der Waals surface area contributed by atoms with Crippen molar-refractivity contribution in [2.24, 2.45) is 7.05 Å². The largest absolute Gasteiger partial charge is 0.490 e. The summed E-state index contributed by atoms with van der Waals surface area (Å²) in [5.74, 6) is 1.75. The lowest BCUT2D eigenvalue weighted by atomic mass is 10.2. The minimum Gasteiger partial charge on any atom is -0.490 e. The van der Waals surface area contributed by atoms with Crippen molar-refractivity contribution in [2.75, 3.05) is 18.5 Å². The molecule has 1 aliphatic heterocycles. The summed E-state index contributed by atoms with van der Waals surface area (Å²) in [6, 6.07) is 7.35. The zero-order valence-electron chi connectivity index (χ0n) is 12.3. The maximum atomic E-state index is 11.8. The van der Waals surface area contributed by atoms with Crippen molar-refractivity contribution in [1.29, 1.82) is 0 Å². The Labute approximate surface area is 128 Å². The highest BCUT2D eigenvalue weighted by Crippen LogP contribution is 2.30. The number of anilines is 1. The van der Waals surface area contributed by atoms with Gasteiger partial charge in [0.25, 0.3) is 0 Å². The number of ether oxygens (including phenoxy) is 2. The van der Waals surface area contributed by atoms with E-state index in [4.69, 9.17) is 9.47 Å². The maximum Gasteiger partial charge on any atom is 0.249 e. The molecule has 0 unspecified atom stereocenters. The lowest BCUT2D eigenvalue weighted by molar-refractivity contribution is -0.111. The third kappa shape index (κ3) is 3.46. The first-order valence-corrected chi connectivity index (χ1v) is 7.09. The molecule has 1 amide bonds. The van der Waals surface area contributed by atoms with E-state index in [2.05, 4.69) is 10.4 Å². The van der Waals surface area contributed by atoms with Crippen LogP contribution in [0, 0.1) is 0 Å². The second-order valence-electron chi connectivity index (χ2n) is 4.95. The number of carbonyl (C=O) groups excluding carboxylic acids is 1. The number of amides is 1. The van der Waals surface area contributed by atoms with Gasteiger partial charge in [0.2, 0.25) is 5.91 Å². The maximum absolute atomic E-state index is 11.8. The molecule has 0 fully saturated rings. The zero-order valence-corrected chi connectivity index (χ0v) is 12.3. The van der Waals surface area contributed by atoms with Crippen molar-refractivity contribution in [3.05, 3.63) is 42.1 Å². The molecule has 0 atom stereocenters. The Balaban J connectivity index is 1.67. The van der Waals surface area contributed by atoms with Crippen LogP contribution >= 0.6 is 0 Å². The van der Waals surface area contributed by atoms with Gasteiger partial charge < -0.3 is 14.8 Å². The van der Waals surface area contributed by atoms with Crippen molar-refractivity contribution in [3.8, 4) is 11.5 Å². The summed E-state index contributed by atoms with van der Waals surface area (Å²) in [7, 11) is 1.79. The molecule has 0 aliphatic carbocycles. The quantitative estimate of drug-likeness (QED) is 0.883. The van der Waals surface area contributed by atoms with Crippen molar-refractivity contribution in [1.82, 2.24) is 9.78 Å². The Morgan fingerprint density at radius 1 is 1.27 bits per heavy atom. The Hall–Kier alpha value is -2.76. The van der Waals surface area contributed by atoms with E-state index < -0.39 is 0 Å². The molecule has 0 radical (unpaired) electrons. The van der Waals surface area contributed by atoms with E-state index in [9.17, 15) is 4.79 Å². The van der Waals surface area contributed by atoms with Crippen molar-refractivity contribution < 1.29 is 14.3 Å². The van der Waals surface area contributed by atoms with Gasteiger partial charge in [0.1, 0.15) is 0 Å². The third-order valence-electron chi connectivity index (χ3n) is 3.16. The van der Waals surface area contributed by atoms with Crippen LogP contribution < -0.4 is 14.8 Å². The van der Waals surface area contributed by atoms with Gasteiger partial charge in [0.15, 0.2) is 17.3 Å². The molecular weight excluding hydrogens is 282 g/mol. The number of aromatic nitrogens is 2. The van der Waals surface area contributed by atoms with E-state index in [1.807, 2.05) is 18.2 Å². The fraction of sp³-hybridized carbons (Fsp3) is 0.250. The van der Waals surface area contributed by atoms with Crippen LogP contribution in [-0.4, -0.2) is 28.9 Å². The number of fused-ring (bicyclic) bond motifs is 1. The Morgan fingerprint density at radius 3 is 2.86 bits per heavy atom. The Kier molecular flexibility index (Phi) is 4.09. The number of rotatable bonds is 3. The summed E-state index contributed by atoms with van der Waals surface area (Å²) >= 11 is 0. The summed E-state index contributed by atoms with van der Waals surface area (Å²) in [6.45, 7) is 1.30.